The van der Waals surface area contributed by atoms with Crippen molar-refractivity contribution >= 4 is 24.0 Å². The third-order valence-corrected chi connectivity index (χ3v) is 1.67. The van der Waals surface area contributed by atoms with Crippen molar-refractivity contribution in [2.75, 3.05) is 5.88 Å². The molecule has 0 saturated carbocycles. The molecule has 0 N–H and O–H groups in total. The smallest absolute Gasteiger partial charge is 0.0405 e. The second-order valence-corrected chi connectivity index (χ2v) is 2.56. The minimum atomic E-state index is 0. The number of nitrogens with zero attached hydrogens (tertiary/aromatic N) is 1. The first-order chi connectivity index (χ1) is 4.84. The van der Waals surface area contributed by atoms with Crippen LogP contribution in [0.5, 0.6) is 0 Å². The zero-order valence-corrected chi connectivity index (χ0v) is 7.95. The zero-order chi connectivity index (χ0) is 7.40. The average molecular weight is 192 g/mol. The molecule has 0 fully saturated rings. The van der Waals surface area contributed by atoms with Crippen molar-refractivity contribution in [3.63, 3.8) is 0 Å². The van der Waals surface area contributed by atoms with E-state index >= 15 is 0 Å². The molecule has 1 aromatic rings. The SMILES string of the molecule is Cc1ncccc1CCCl.Cl. The van der Waals surface area contributed by atoms with Crippen LogP contribution in [-0.2, 0) is 6.42 Å². The summed E-state index contributed by atoms with van der Waals surface area (Å²) >= 11 is 5.58. The summed E-state index contributed by atoms with van der Waals surface area (Å²) in [4.78, 5) is 4.14. The van der Waals surface area contributed by atoms with Crippen LogP contribution in [0.15, 0.2) is 18.3 Å². The Labute approximate surface area is 78.2 Å². The van der Waals surface area contributed by atoms with Crippen LogP contribution in [0.1, 0.15) is 11.3 Å². The fraction of sp³-hybridized carbons (Fsp3) is 0.375. The lowest BCUT2D eigenvalue weighted by Crippen LogP contribution is -1.91. The van der Waals surface area contributed by atoms with Crippen molar-refractivity contribution < 1.29 is 0 Å². The number of pyridine rings is 1. The Hall–Kier alpha value is -0.270. The van der Waals surface area contributed by atoms with Crippen molar-refractivity contribution in [3.05, 3.63) is 29.6 Å². The van der Waals surface area contributed by atoms with Gasteiger partial charge in [-0.15, -0.1) is 24.0 Å². The Morgan fingerprint density at radius 3 is 2.82 bits per heavy atom. The van der Waals surface area contributed by atoms with Crippen molar-refractivity contribution in [3.8, 4) is 0 Å². The molecule has 1 rings (SSSR count). The van der Waals surface area contributed by atoms with Crippen LogP contribution in [0, 0.1) is 6.92 Å². The highest BCUT2D eigenvalue weighted by atomic mass is 35.5. The molecule has 0 amide bonds. The van der Waals surface area contributed by atoms with E-state index in [9.17, 15) is 0 Å². The number of halogens is 2. The van der Waals surface area contributed by atoms with E-state index in [4.69, 9.17) is 11.6 Å². The van der Waals surface area contributed by atoms with Crippen molar-refractivity contribution in [2.45, 2.75) is 13.3 Å². The second kappa shape index (κ2) is 5.39. The van der Waals surface area contributed by atoms with Gasteiger partial charge in [0.2, 0.25) is 0 Å². The number of rotatable bonds is 2. The standard InChI is InChI=1S/C8H10ClN.ClH/c1-7-8(4-5-9)3-2-6-10-7;/h2-3,6H,4-5H2,1H3;1H. The van der Waals surface area contributed by atoms with Crippen LogP contribution >= 0.6 is 24.0 Å². The molecule has 0 spiro atoms. The summed E-state index contributed by atoms with van der Waals surface area (Å²) in [5.41, 5.74) is 2.33. The molecule has 0 aliphatic heterocycles. The molecule has 3 heteroatoms. The molecule has 1 heterocycles. The van der Waals surface area contributed by atoms with E-state index in [-0.39, 0.29) is 12.4 Å². The first-order valence-electron chi connectivity index (χ1n) is 3.31. The van der Waals surface area contributed by atoms with Crippen molar-refractivity contribution in [1.29, 1.82) is 0 Å². The molecule has 11 heavy (non-hydrogen) atoms. The molecular weight excluding hydrogens is 181 g/mol. The molecule has 1 aromatic heterocycles. The molecule has 0 aliphatic rings. The number of hydrogen-bond donors (Lipinski definition) is 0. The fourth-order valence-electron chi connectivity index (χ4n) is 0.884. The topological polar surface area (TPSA) is 12.9 Å². The summed E-state index contributed by atoms with van der Waals surface area (Å²) in [6.07, 6.45) is 2.72. The summed E-state index contributed by atoms with van der Waals surface area (Å²) in [7, 11) is 0. The van der Waals surface area contributed by atoms with Gasteiger partial charge in [0.15, 0.2) is 0 Å². The third-order valence-electron chi connectivity index (χ3n) is 1.48. The predicted molar refractivity (Wildman–Crippen MR) is 50.6 cm³/mol. The van der Waals surface area contributed by atoms with E-state index < -0.39 is 0 Å². The summed E-state index contributed by atoms with van der Waals surface area (Å²) in [5, 5.41) is 0. The lowest BCUT2D eigenvalue weighted by atomic mass is 10.1. The molecule has 0 aromatic carbocycles. The minimum Gasteiger partial charge on any atom is -0.261 e. The maximum Gasteiger partial charge on any atom is 0.0405 e. The Balaban J connectivity index is 0.000001000. The Morgan fingerprint density at radius 1 is 1.55 bits per heavy atom. The minimum absolute atomic E-state index is 0. The molecule has 0 aliphatic carbocycles. The highest BCUT2D eigenvalue weighted by Gasteiger charge is 1.94. The maximum atomic E-state index is 5.58. The van der Waals surface area contributed by atoms with Crippen molar-refractivity contribution in [1.82, 2.24) is 4.98 Å². The lowest BCUT2D eigenvalue weighted by molar-refractivity contribution is 1.05. The van der Waals surface area contributed by atoms with Gasteiger partial charge in [-0.05, 0) is 25.0 Å². The highest BCUT2D eigenvalue weighted by molar-refractivity contribution is 6.17. The molecule has 0 radical (unpaired) electrons. The van der Waals surface area contributed by atoms with E-state index in [0.29, 0.717) is 5.88 Å². The Kier molecular flexibility index (Phi) is 5.26. The predicted octanol–water partition coefficient (Wildman–Crippen LogP) is 2.59. The van der Waals surface area contributed by atoms with Crippen LogP contribution in [0.4, 0.5) is 0 Å². The number of aryl methyl sites for hydroxylation is 2. The number of hydrogen-bond acceptors (Lipinski definition) is 1. The van der Waals surface area contributed by atoms with Gasteiger partial charge in [0.25, 0.3) is 0 Å². The maximum absolute atomic E-state index is 5.58. The van der Waals surface area contributed by atoms with E-state index in [2.05, 4.69) is 11.1 Å². The largest absolute Gasteiger partial charge is 0.261 e. The van der Waals surface area contributed by atoms with Gasteiger partial charge in [-0.25, -0.2) is 0 Å². The number of alkyl halides is 1. The van der Waals surface area contributed by atoms with E-state index in [1.807, 2.05) is 13.0 Å². The third kappa shape index (κ3) is 3.08. The van der Waals surface area contributed by atoms with Gasteiger partial charge in [0, 0.05) is 17.8 Å². The molecule has 62 valence electrons. The zero-order valence-electron chi connectivity index (χ0n) is 6.38. The van der Waals surface area contributed by atoms with Crippen LogP contribution < -0.4 is 0 Å². The highest BCUT2D eigenvalue weighted by Crippen LogP contribution is 2.04. The Morgan fingerprint density at radius 2 is 2.27 bits per heavy atom. The van der Waals surface area contributed by atoms with E-state index in [1.165, 1.54) is 5.56 Å². The van der Waals surface area contributed by atoms with Crippen molar-refractivity contribution in [2.24, 2.45) is 0 Å². The molecule has 1 nitrogen and oxygen atoms in total. The van der Waals surface area contributed by atoms with Gasteiger partial charge in [-0.1, -0.05) is 6.07 Å². The van der Waals surface area contributed by atoms with Gasteiger partial charge in [-0.2, -0.15) is 0 Å². The first-order valence-corrected chi connectivity index (χ1v) is 3.84. The van der Waals surface area contributed by atoms with Gasteiger partial charge in [0.1, 0.15) is 0 Å². The van der Waals surface area contributed by atoms with Gasteiger partial charge in [-0.3, -0.25) is 4.98 Å². The lowest BCUT2D eigenvalue weighted by Gasteiger charge is -1.99. The number of aromatic nitrogens is 1. The van der Waals surface area contributed by atoms with Gasteiger partial charge >= 0.3 is 0 Å². The molecular formula is C8H11Cl2N. The average Bonchev–Trinajstić information content (AvgIpc) is 1.94. The fourth-order valence-corrected chi connectivity index (χ4v) is 1.09. The van der Waals surface area contributed by atoms with Crippen LogP contribution in [0.2, 0.25) is 0 Å². The van der Waals surface area contributed by atoms with Gasteiger partial charge in [0.05, 0.1) is 0 Å². The summed E-state index contributed by atoms with van der Waals surface area (Å²) in [6.45, 7) is 2.00. The molecule has 0 saturated heterocycles. The van der Waals surface area contributed by atoms with E-state index in [0.717, 1.165) is 12.1 Å². The summed E-state index contributed by atoms with van der Waals surface area (Å²) in [6, 6.07) is 4.00. The quantitative estimate of drug-likeness (QED) is 0.656. The van der Waals surface area contributed by atoms with Crippen LogP contribution in [-0.4, -0.2) is 10.9 Å². The molecule has 0 bridgehead atoms. The van der Waals surface area contributed by atoms with Crippen LogP contribution in [0.25, 0.3) is 0 Å². The normalized spacial score (nSPS) is 8.91. The molecule has 0 unspecified atom stereocenters. The Bertz CT molecular complexity index is 213. The van der Waals surface area contributed by atoms with Gasteiger partial charge < -0.3 is 0 Å². The summed E-state index contributed by atoms with van der Waals surface area (Å²) < 4.78 is 0. The van der Waals surface area contributed by atoms with E-state index in [1.54, 1.807) is 6.20 Å². The van der Waals surface area contributed by atoms with Crippen LogP contribution in [0.3, 0.4) is 0 Å². The monoisotopic (exact) mass is 191 g/mol. The second-order valence-electron chi connectivity index (χ2n) is 2.19. The first kappa shape index (κ1) is 10.7. The summed E-state index contributed by atoms with van der Waals surface area (Å²) in [5.74, 6) is 0.673. The molecule has 0 atom stereocenters.